The van der Waals surface area contributed by atoms with E-state index in [9.17, 15) is 0 Å². The fourth-order valence-electron chi connectivity index (χ4n) is 1.51. The van der Waals surface area contributed by atoms with E-state index in [0.717, 1.165) is 22.8 Å². The lowest BCUT2D eigenvalue weighted by Gasteiger charge is -2.05. The monoisotopic (exact) mass is 334 g/mol. The van der Waals surface area contributed by atoms with Crippen molar-refractivity contribution in [2.24, 2.45) is 10.2 Å². The summed E-state index contributed by atoms with van der Waals surface area (Å²) < 4.78 is 0. The Morgan fingerprint density at radius 1 is 0.682 bits per heavy atom. The van der Waals surface area contributed by atoms with Crippen LogP contribution in [0.3, 0.4) is 0 Å². The van der Waals surface area contributed by atoms with Gasteiger partial charge in [0.1, 0.15) is 0 Å². The molecule has 0 saturated carbocycles. The fourth-order valence-corrected chi connectivity index (χ4v) is 1.76. The van der Waals surface area contributed by atoms with Crippen molar-refractivity contribution < 1.29 is 0 Å². The molecule has 2 rings (SSSR count). The maximum absolute atomic E-state index is 5.83. The molecule has 0 aromatic heterocycles. The van der Waals surface area contributed by atoms with Crippen LogP contribution in [0.5, 0.6) is 0 Å². The smallest absolute Gasteiger partial charge is 0.0805 e. The molecule has 0 aliphatic carbocycles. The van der Waals surface area contributed by atoms with Crippen LogP contribution >= 0.6 is 23.2 Å². The summed E-state index contributed by atoms with van der Waals surface area (Å²) in [6.45, 7) is 3.76. The number of hydrogen-bond acceptors (Lipinski definition) is 4. The average molecular weight is 335 g/mol. The molecule has 0 spiro atoms. The minimum atomic E-state index is 0.691. The van der Waals surface area contributed by atoms with Crippen LogP contribution < -0.4 is 10.9 Å². The van der Waals surface area contributed by atoms with Gasteiger partial charge in [-0.25, -0.2) is 0 Å². The van der Waals surface area contributed by atoms with Gasteiger partial charge >= 0.3 is 0 Å². The van der Waals surface area contributed by atoms with Crippen LogP contribution in [0.15, 0.2) is 58.7 Å². The van der Waals surface area contributed by atoms with Crippen LogP contribution in [0.2, 0.25) is 10.0 Å². The van der Waals surface area contributed by atoms with Crippen LogP contribution in [0, 0.1) is 0 Å². The summed E-state index contributed by atoms with van der Waals surface area (Å²) in [5.74, 6) is 0. The molecule has 2 N–H and O–H groups in total. The molecule has 2 aromatic carbocycles. The van der Waals surface area contributed by atoms with E-state index in [1.165, 1.54) is 0 Å². The van der Waals surface area contributed by atoms with E-state index in [4.69, 9.17) is 23.2 Å². The van der Waals surface area contributed by atoms with Crippen LogP contribution in [-0.4, -0.2) is 11.4 Å². The highest BCUT2D eigenvalue weighted by atomic mass is 35.5. The maximum Gasteiger partial charge on any atom is 0.0805 e. The summed E-state index contributed by atoms with van der Waals surface area (Å²) in [5.41, 5.74) is 9.20. The van der Waals surface area contributed by atoms with Crippen molar-refractivity contribution in [1.82, 2.24) is 0 Å². The second kappa shape index (κ2) is 7.82. The molecule has 2 aromatic rings. The van der Waals surface area contributed by atoms with Gasteiger partial charge in [0.2, 0.25) is 0 Å². The zero-order valence-corrected chi connectivity index (χ0v) is 13.8. The van der Waals surface area contributed by atoms with E-state index in [1.54, 1.807) is 24.3 Å². The Kier molecular flexibility index (Phi) is 5.81. The molecule has 0 aliphatic heterocycles. The molecule has 0 amide bonds. The Morgan fingerprint density at radius 2 is 1.00 bits per heavy atom. The first-order chi connectivity index (χ1) is 10.5. The second-order valence-corrected chi connectivity index (χ2v) is 5.50. The summed E-state index contributed by atoms with van der Waals surface area (Å²) in [5, 5.41) is 9.95. The van der Waals surface area contributed by atoms with Gasteiger partial charge < -0.3 is 0 Å². The standard InChI is InChI=1S/C16H16Cl2N4/c1-11(19-21-15-7-3-13(17)4-8-15)12(2)20-22-16-9-5-14(18)6-10-16/h3-10,21-22H,1-2H3/b19-11-,20-12-. The van der Waals surface area contributed by atoms with E-state index >= 15 is 0 Å². The summed E-state index contributed by atoms with van der Waals surface area (Å²) in [6, 6.07) is 14.6. The first-order valence-corrected chi connectivity index (χ1v) is 7.42. The Balaban J connectivity index is 1.96. The molecule has 0 aliphatic rings. The lowest BCUT2D eigenvalue weighted by Crippen LogP contribution is -2.10. The molecule has 0 unspecified atom stereocenters. The van der Waals surface area contributed by atoms with Gasteiger partial charge in [0, 0.05) is 10.0 Å². The van der Waals surface area contributed by atoms with E-state index in [1.807, 2.05) is 38.1 Å². The molecule has 22 heavy (non-hydrogen) atoms. The largest absolute Gasteiger partial charge is 0.278 e. The van der Waals surface area contributed by atoms with Gasteiger partial charge in [0.15, 0.2) is 0 Å². The summed E-state index contributed by atoms with van der Waals surface area (Å²) in [4.78, 5) is 0. The zero-order valence-electron chi connectivity index (χ0n) is 12.3. The number of hydrogen-bond donors (Lipinski definition) is 2. The Hall–Kier alpha value is -2.04. The molecule has 6 heteroatoms. The minimum Gasteiger partial charge on any atom is -0.278 e. The van der Waals surface area contributed by atoms with Crippen molar-refractivity contribution in [2.45, 2.75) is 13.8 Å². The van der Waals surface area contributed by atoms with Gasteiger partial charge in [-0.1, -0.05) is 23.2 Å². The van der Waals surface area contributed by atoms with Crippen LogP contribution in [0.25, 0.3) is 0 Å². The summed E-state index contributed by atoms with van der Waals surface area (Å²) in [6.07, 6.45) is 0. The van der Waals surface area contributed by atoms with Gasteiger partial charge in [0.05, 0.1) is 22.8 Å². The lowest BCUT2D eigenvalue weighted by molar-refractivity contribution is 1.31. The molecule has 4 nitrogen and oxygen atoms in total. The number of benzene rings is 2. The molecule has 0 atom stereocenters. The molecule has 0 heterocycles. The summed E-state index contributed by atoms with van der Waals surface area (Å²) >= 11 is 11.7. The van der Waals surface area contributed by atoms with Crippen molar-refractivity contribution in [2.75, 3.05) is 10.9 Å². The molecule has 0 radical (unpaired) electrons. The van der Waals surface area contributed by atoms with Crippen molar-refractivity contribution >= 4 is 46.0 Å². The van der Waals surface area contributed by atoms with Gasteiger partial charge in [-0.15, -0.1) is 0 Å². The van der Waals surface area contributed by atoms with Gasteiger partial charge in [0.25, 0.3) is 0 Å². The molecule has 114 valence electrons. The maximum atomic E-state index is 5.83. The topological polar surface area (TPSA) is 48.8 Å². The first-order valence-electron chi connectivity index (χ1n) is 6.67. The lowest BCUT2D eigenvalue weighted by atomic mass is 10.3. The van der Waals surface area contributed by atoms with Gasteiger partial charge in [-0.2, -0.15) is 10.2 Å². The van der Waals surface area contributed by atoms with Crippen molar-refractivity contribution in [3.8, 4) is 0 Å². The first kappa shape index (κ1) is 16.3. The van der Waals surface area contributed by atoms with Crippen molar-refractivity contribution in [3.63, 3.8) is 0 Å². The Morgan fingerprint density at radius 3 is 1.32 bits per heavy atom. The minimum absolute atomic E-state index is 0.691. The highest BCUT2D eigenvalue weighted by molar-refractivity contribution is 6.40. The third-order valence-electron chi connectivity index (χ3n) is 2.92. The van der Waals surface area contributed by atoms with Crippen molar-refractivity contribution in [1.29, 1.82) is 0 Å². The van der Waals surface area contributed by atoms with Crippen molar-refractivity contribution in [3.05, 3.63) is 58.6 Å². The highest BCUT2D eigenvalue weighted by Gasteiger charge is 1.98. The molecule has 0 fully saturated rings. The highest BCUT2D eigenvalue weighted by Crippen LogP contribution is 2.14. The molecular weight excluding hydrogens is 319 g/mol. The number of anilines is 2. The summed E-state index contributed by atoms with van der Waals surface area (Å²) in [7, 11) is 0. The van der Waals surface area contributed by atoms with Crippen LogP contribution in [0.1, 0.15) is 13.8 Å². The average Bonchev–Trinajstić information content (AvgIpc) is 2.53. The number of halogens is 2. The predicted octanol–water partition coefficient (Wildman–Crippen LogP) is 5.27. The van der Waals surface area contributed by atoms with E-state index in [2.05, 4.69) is 21.1 Å². The molecule has 0 saturated heterocycles. The van der Waals surface area contributed by atoms with Gasteiger partial charge in [-0.05, 0) is 62.4 Å². The number of rotatable bonds is 5. The van der Waals surface area contributed by atoms with E-state index < -0.39 is 0 Å². The number of nitrogens with one attached hydrogen (secondary N) is 2. The number of nitrogens with zero attached hydrogens (tertiary/aromatic N) is 2. The fraction of sp³-hybridized carbons (Fsp3) is 0.125. The molecular formula is C16H16Cl2N4. The normalized spacial score (nSPS) is 12.2. The quantitative estimate of drug-likeness (QED) is 0.578. The SMILES string of the molecule is CC(=N/Nc1ccc(Cl)cc1)/C(C)=N\Nc1ccc(Cl)cc1. The third kappa shape index (κ3) is 5.06. The Bertz CT molecular complexity index is 615. The predicted molar refractivity (Wildman–Crippen MR) is 96.4 cm³/mol. The second-order valence-electron chi connectivity index (χ2n) is 4.63. The van der Waals surface area contributed by atoms with E-state index in [0.29, 0.717) is 10.0 Å². The zero-order chi connectivity index (χ0) is 15.9. The van der Waals surface area contributed by atoms with Crippen LogP contribution in [-0.2, 0) is 0 Å². The number of hydrazone groups is 2. The van der Waals surface area contributed by atoms with Crippen LogP contribution in [0.4, 0.5) is 11.4 Å². The van der Waals surface area contributed by atoms with Gasteiger partial charge in [-0.3, -0.25) is 10.9 Å². The Labute approximate surface area is 139 Å². The molecule has 0 bridgehead atoms. The third-order valence-corrected chi connectivity index (χ3v) is 3.42. The van der Waals surface area contributed by atoms with E-state index in [-0.39, 0.29) is 0 Å².